The van der Waals surface area contributed by atoms with Gasteiger partial charge in [-0.25, -0.2) is 0 Å². The first-order chi connectivity index (χ1) is 9.25. The van der Waals surface area contributed by atoms with E-state index >= 15 is 0 Å². The maximum absolute atomic E-state index is 12.8. The molecule has 0 aromatic heterocycles. The van der Waals surface area contributed by atoms with Crippen molar-refractivity contribution in [2.45, 2.75) is 58.7 Å². The SMILES string of the molecule is CC(C)C1C(=O)NC(C)(C)C(=O)N1C(C)C1CCOC1. The van der Waals surface area contributed by atoms with Gasteiger partial charge in [-0.2, -0.15) is 0 Å². The number of piperazine rings is 1. The lowest BCUT2D eigenvalue weighted by Gasteiger charge is -2.48. The molecule has 2 rings (SSSR count). The maximum Gasteiger partial charge on any atom is 0.248 e. The summed E-state index contributed by atoms with van der Waals surface area (Å²) in [5.74, 6) is 0.382. The predicted molar refractivity (Wildman–Crippen MR) is 76.1 cm³/mol. The van der Waals surface area contributed by atoms with Crippen LogP contribution in [0.25, 0.3) is 0 Å². The number of carbonyl (C=O) groups is 2. The highest BCUT2D eigenvalue weighted by Gasteiger charge is 2.49. The van der Waals surface area contributed by atoms with Crippen molar-refractivity contribution < 1.29 is 14.3 Å². The third-order valence-electron chi connectivity index (χ3n) is 4.49. The van der Waals surface area contributed by atoms with Crippen molar-refractivity contribution in [1.29, 1.82) is 0 Å². The van der Waals surface area contributed by atoms with Crippen LogP contribution in [0.15, 0.2) is 0 Å². The largest absolute Gasteiger partial charge is 0.381 e. The second-order valence-corrected chi connectivity index (χ2v) is 6.88. The highest BCUT2D eigenvalue weighted by atomic mass is 16.5. The molecule has 20 heavy (non-hydrogen) atoms. The smallest absolute Gasteiger partial charge is 0.248 e. The zero-order chi connectivity index (χ0) is 15.1. The van der Waals surface area contributed by atoms with Gasteiger partial charge in [0.05, 0.1) is 6.61 Å². The normalized spacial score (nSPS) is 31.6. The van der Waals surface area contributed by atoms with E-state index < -0.39 is 5.54 Å². The Balaban J connectivity index is 2.31. The number of hydrogen-bond donors (Lipinski definition) is 1. The van der Waals surface area contributed by atoms with Gasteiger partial charge in [-0.3, -0.25) is 9.59 Å². The van der Waals surface area contributed by atoms with Crippen LogP contribution in [0.4, 0.5) is 0 Å². The van der Waals surface area contributed by atoms with Crippen LogP contribution in [0, 0.1) is 11.8 Å². The van der Waals surface area contributed by atoms with Gasteiger partial charge >= 0.3 is 0 Å². The van der Waals surface area contributed by atoms with Crippen LogP contribution in [-0.2, 0) is 14.3 Å². The van der Waals surface area contributed by atoms with E-state index in [0.29, 0.717) is 12.5 Å². The third-order valence-corrected chi connectivity index (χ3v) is 4.49. The van der Waals surface area contributed by atoms with Crippen LogP contribution in [0.3, 0.4) is 0 Å². The van der Waals surface area contributed by atoms with Gasteiger partial charge in [0.1, 0.15) is 11.6 Å². The predicted octanol–water partition coefficient (Wildman–Crippen LogP) is 1.17. The lowest BCUT2D eigenvalue weighted by Crippen LogP contribution is -2.71. The standard InChI is InChI=1S/C15H26N2O3/c1-9(2)12-13(18)16-15(4,5)14(19)17(12)10(3)11-6-7-20-8-11/h9-12H,6-8H2,1-5H3,(H,16,18). The van der Waals surface area contributed by atoms with Crippen molar-refractivity contribution in [3.05, 3.63) is 0 Å². The number of nitrogens with one attached hydrogen (secondary N) is 1. The molecule has 0 aliphatic carbocycles. The van der Waals surface area contributed by atoms with Gasteiger partial charge in [0, 0.05) is 18.6 Å². The van der Waals surface area contributed by atoms with Crippen molar-refractivity contribution >= 4 is 11.8 Å². The highest BCUT2D eigenvalue weighted by molar-refractivity contribution is 5.99. The molecule has 5 nitrogen and oxygen atoms in total. The number of amides is 2. The minimum absolute atomic E-state index is 0.00944. The first-order valence-corrected chi connectivity index (χ1v) is 7.48. The Bertz CT molecular complexity index is 400. The highest BCUT2D eigenvalue weighted by Crippen LogP contribution is 2.30. The monoisotopic (exact) mass is 282 g/mol. The van der Waals surface area contributed by atoms with Crippen LogP contribution >= 0.6 is 0 Å². The average molecular weight is 282 g/mol. The zero-order valence-corrected chi connectivity index (χ0v) is 13.1. The molecule has 2 aliphatic heterocycles. The molecule has 2 aliphatic rings. The molecule has 0 radical (unpaired) electrons. The van der Waals surface area contributed by atoms with Crippen LogP contribution < -0.4 is 5.32 Å². The van der Waals surface area contributed by atoms with E-state index in [1.807, 2.05) is 25.7 Å². The van der Waals surface area contributed by atoms with Crippen molar-refractivity contribution in [1.82, 2.24) is 10.2 Å². The Morgan fingerprint density at radius 2 is 1.95 bits per heavy atom. The van der Waals surface area contributed by atoms with Crippen LogP contribution in [0.2, 0.25) is 0 Å². The molecule has 0 spiro atoms. The quantitative estimate of drug-likeness (QED) is 0.845. The summed E-state index contributed by atoms with van der Waals surface area (Å²) >= 11 is 0. The fourth-order valence-corrected chi connectivity index (χ4v) is 3.23. The van der Waals surface area contributed by atoms with Gasteiger partial charge in [0.2, 0.25) is 11.8 Å². The second-order valence-electron chi connectivity index (χ2n) is 6.88. The van der Waals surface area contributed by atoms with E-state index in [-0.39, 0.29) is 29.8 Å². The molecule has 5 heteroatoms. The number of nitrogens with zero attached hydrogens (tertiary/aromatic N) is 1. The molecule has 3 atom stereocenters. The van der Waals surface area contributed by atoms with E-state index in [2.05, 4.69) is 5.32 Å². The van der Waals surface area contributed by atoms with Crippen LogP contribution in [0.1, 0.15) is 41.0 Å². The molecule has 0 aromatic rings. The molecule has 3 unspecified atom stereocenters. The van der Waals surface area contributed by atoms with E-state index in [4.69, 9.17) is 4.74 Å². The fourth-order valence-electron chi connectivity index (χ4n) is 3.23. The molecule has 2 saturated heterocycles. The van der Waals surface area contributed by atoms with Crippen molar-refractivity contribution in [2.24, 2.45) is 11.8 Å². The van der Waals surface area contributed by atoms with Gasteiger partial charge < -0.3 is 15.0 Å². The lowest BCUT2D eigenvalue weighted by atomic mass is 9.87. The summed E-state index contributed by atoms with van der Waals surface area (Å²) < 4.78 is 5.44. The Morgan fingerprint density at radius 3 is 2.45 bits per heavy atom. The average Bonchev–Trinajstić information content (AvgIpc) is 2.85. The second kappa shape index (κ2) is 5.35. The molecule has 2 fully saturated rings. The molecule has 2 heterocycles. The van der Waals surface area contributed by atoms with Gasteiger partial charge in [-0.1, -0.05) is 13.8 Å². The van der Waals surface area contributed by atoms with Gasteiger partial charge in [-0.05, 0) is 33.1 Å². The van der Waals surface area contributed by atoms with E-state index in [1.54, 1.807) is 13.8 Å². The third kappa shape index (κ3) is 2.55. The van der Waals surface area contributed by atoms with Crippen molar-refractivity contribution in [3.8, 4) is 0 Å². The summed E-state index contributed by atoms with van der Waals surface area (Å²) in [4.78, 5) is 27.0. The number of carbonyl (C=O) groups excluding carboxylic acids is 2. The summed E-state index contributed by atoms with van der Waals surface area (Å²) in [6, 6.07) is -0.353. The molecule has 1 N–H and O–H groups in total. The van der Waals surface area contributed by atoms with E-state index in [9.17, 15) is 9.59 Å². The molecule has 0 saturated carbocycles. The molecule has 0 aromatic carbocycles. The minimum Gasteiger partial charge on any atom is -0.381 e. The molecule has 114 valence electrons. The van der Waals surface area contributed by atoms with E-state index in [0.717, 1.165) is 13.0 Å². The minimum atomic E-state index is -0.823. The summed E-state index contributed by atoms with van der Waals surface area (Å²) in [6.45, 7) is 11.0. The van der Waals surface area contributed by atoms with Crippen LogP contribution in [-0.4, -0.2) is 47.6 Å². The first-order valence-electron chi connectivity index (χ1n) is 7.48. The summed E-state index contributed by atoms with van der Waals surface area (Å²) in [5.41, 5.74) is -0.823. The molecular formula is C15H26N2O3. The Morgan fingerprint density at radius 1 is 1.30 bits per heavy atom. The molecule has 2 amide bonds. The van der Waals surface area contributed by atoms with Crippen molar-refractivity contribution in [3.63, 3.8) is 0 Å². The van der Waals surface area contributed by atoms with Gasteiger partial charge in [0.15, 0.2) is 0 Å². The maximum atomic E-state index is 12.8. The summed E-state index contributed by atoms with van der Waals surface area (Å²) in [6.07, 6.45) is 0.956. The first kappa shape index (κ1) is 15.3. The zero-order valence-electron chi connectivity index (χ0n) is 13.1. The van der Waals surface area contributed by atoms with Crippen molar-refractivity contribution in [2.75, 3.05) is 13.2 Å². The Kier molecular flexibility index (Phi) is 4.09. The fraction of sp³-hybridized carbons (Fsp3) is 0.867. The summed E-state index contributed by atoms with van der Waals surface area (Å²) in [5, 5.41) is 2.85. The van der Waals surface area contributed by atoms with Gasteiger partial charge in [-0.15, -0.1) is 0 Å². The Hall–Kier alpha value is -1.10. The number of hydrogen-bond acceptors (Lipinski definition) is 3. The molecular weight excluding hydrogens is 256 g/mol. The Labute approximate surface area is 121 Å². The number of rotatable bonds is 3. The topological polar surface area (TPSA) is 58.6 Å². The van der Waals surface area contributed by atoms with Gasteiger partial charge in [0.25, 0.3) is 0 Å². The number of ether oxygens (including phenoxy) is 1. The van der Waals surface area contributed by atoms with E-state index in [1.165, 1.54) is 0 Å². The van der Waals surface area contributed by atoms with Crippen LogP contribution in [0.5, 0.6) is 0 Å². The lowest BCUT2D eigenvalue weighted by molar-refractivity contribution is -0.159. The summed E-state index contributed by atoms with van der Waals surface area (Å²) in [7, 11) is 0. The molecule has 0 bridgehead atoms.